The van der Waals surface area contributed by atoms with Crippen molar-refractivity contribution in [2.45, 2.75) is 18.9 Å². The maximum absolute atomic E-state index is 13.4. The lowest BCUT2D eigenvalue weighted by Crippen LogP contribution is -2.40. The molecule has 1 aliphatic heterocycles. The third-order valence-corrected chi connectivity index (χ3v) is 2.91. The van der Waals surface area contributed by atoms with Crippen molar-refractivity contribution in [3.63, 3.8) is 0 Å². The second-order valence-electron chi connectivity index (χ2n) is 4.15. The number of benzene rings is 1. The lowest BCUT2D eigenvalue weighted by Gasteiger charge is -2.29. The van der Waals surface area contributed by atoms with E-state index in [1.54, 1.807) is 0 Å². The van der Waals surface area contributed by atoms with Gasteiger partial charge in [0.1, 0.15) is 11.6 Å². The number of hydrogen-bond donors (Lipinski definition) is 1. The number of aliphatic hydroxyl groups is 1. The standard InChI is InChI=1S/C12H13F2NO2/c13-8-1-2-11(14)10(7-8)12(17)15-5-3-9(16)4-6-15/h1-2,7,9,16H,3-6H2. The molecule has 0 bridgehead atoms. The molecule has 0 atom stereocenters. The van der Waals surface area contributed by atoms with Crippen molar-refractivity contribution in [2.24, 2.45) is 0 Å². The quantitative estimate of drug-likeness (QED) is 0.810. The van der Waals surface area contributed by atoms with Gasteiger partial charge in [-0.2, -0.15) is 0 Å². The Kier molecular flexibility index (Phi) is 3.38. The molecule has 0 spiro atoms. The molecule has 0 aromatic heterocycles. The molecule has 1 aromatic carbocycles. The number of piperidine rings is 1. The maximum atomic E-state index is 13.4. The number of halogens is 2. The van der Waals surface area contributed by atoms with Gasteiger partial charge in [-0.1, -0.05) is 0 Å². The van der Waals surface area contributed by atoms with Crippen molar-refractivity contribution in [1.29, 1.82) is 0 Å². The van der Waals surface area contributed by atoms with Gasteiger partial charge in [0, 0.05) is 13.1 Å². The van der Waals surface area contributed by atoms with Crippen molar-refractivity contribution in [2.75, 3.05) is 13.1 Å². The Bertz CT molecular complexity index is 429. The van der Waals surface area contributed by atoms with Crippen LogP contribution in [0.3, 0.4) is 0 Å². The molecule has 0 saturated carbocycles. The van der Waals surface area contributed by atoms with E-state index < -0.39 is 23.6 Å². The minimum absolute atomic E-state index is 0.249. The van der Waals surface area contributed by atoms with E-state index >= 15 is 0 Å². The summed E-state index contributed by atoms with van der Waals surface area (Å²) in [5, 5.41) is 9.31. The first-order chi connectivity index (χ1) is 8.08. The molecular formula is C12H13F2NO2. The molecule has 1 aromatic rings. The van der Waals surface area contributed by atoms with Crippen molar-refractivity contribution in [1.82, 2.24) is 4.90 Å². The molecule has 5 heteroatoms. The zero-order valence-corrected chi connectivity index (χ0v) is 9.20. The fourth-order valence-electron chi connectivity index (χ4n) is 1.90. The Hall–Kier alpha value is -1.49. The van der Waals surface area contributed by atoms with Gasteiger partial charge < -0.3 is 10.0 Å². The molecule has 92 valence electrons. The van der Waals surface area contributed by atoms with E-state index in [2.05, 4.69) is 0 Å². The van der Waals surface area contributed by atoms with E-state index in [1.165, 1.54) is 4.90 Å². The fourth-order valence-corrected chi connectivity index (χ4v) is 1.90. The smallest absolute Gasteiger partial charge is 0.256 e. The largest absolute Gasteiger partial charge is 0.393 e. The van der Waals surface area contributed by atoms with Gasteiger partial charge in [-0.25, -0.2) is 8.78 Å². The van der Waals surface area contributed by atoms with E-state index in [9.17, 15) is 18.7 Å². The highest BCUT2D eigenvalue weighted by Crippen LogP contribution is 2.16. The van der Waals surface area contributed by atoms with Gasteiger partial charge in [0.25, 0.3) is 5.91 Å². The van der Waals surface area contributed by atoms with Crippen LogP contribution in [-0.4, -0.2) is 35.1 Å². The van der Waals surface area contributed by atoms with Crippen LogP contribution >= 0.6 is 0 Å². The minimum Gasteiger partial charge on any atom is -0.393 e. The van der Waals surface area contributed by atoms with Crippen LogP contribution in [0.5, 0.6) is 0 Å². The number of nitrogens with zero attached hydrogens (tertiary/aromatic N) is 1. The average Bonchev–Trinajstić information content (AvgIpc) is 2.32. The van der Waals surface area contributed by atoms with Crippen LogP contribution in [0.1, 0.15) is 23.2 Å². The van der Waals surface area contributed by atoms with Crippen molar-refractivity contribution < 1.29 is 18.7 Å². The Morgan fingerprint density at radius 2 is 1.94 bits per heavy atom. The first kappa shape index (κ1) is 12.0. The molecule has 1 saturated heterocycles. The molecule has 17 heavy (non-hydrogen) atoms. The first-order valence-corrected chi connectivity index (χ1v) is 5.50. The fraction of sp³-hybridized carbons (Fsp3) is 0.417. The number of carbonyl (C=O) groups is 1. The molecule has 1 aliphatic rings. The Labute approximate surface area is 97.7 Å². The maximum Gasteiger partial charge on any atom is 0.256 e. The Balaban J connectivity index is 2.16. The summed E-state index contributed by atoms with van der Waals surface area (Å²) in [6.07, 6.45) is 0.544. The van der Waals surface area contributed by atoms with Crippen LogP contribution < -0.4 is 0 Å². The summed E-state index contributed by atoms with van der Waals surface area (Å²) < 4.78 is 26.3. The van der Waals surface area contributed by atoms with Crippen LogP contribution in [0.25, 0.3) is 0 Å². The van der Waals surface area contributed by atoms with Crippen LogP contribution in [0.15, 0.2) is 18.2 Å². The second kappa shape index (κ2) is 4.79. The number of amides is 1. The van der Waals surface area contributed by atoms with E-state index in [-0.39, 0.29) is 5.56 Å². The number of hydrogen-bond acceptors (Lipinski definition) is 2. The highest BCUT2D eigenvalue weighted by molar-refractivity contribution is 5.94. The molecule has 0 unspecified atom stereocenters. The van der Waals surface area contributed by atoms with Crippen LogP contribution in [-0.2, 0) is 0 Å². The number of carbonyl (C=O) groups excluding carboxylic acids is 1. The van der Waals surface area contributed by atoms with E-state index in [4.69, 9.17) is 0 Å². The summed E-state index contributed by atoms with van der Waals surface area (Å²) in [7, 11) is 0. The Morgan fingerprint density at radius 3 is 2.59 bits per heavy atom. The second-order valence-corrected chi connectivity index (χ2v) is 4.15. The lowest BCUT2D eigenvalue weighted by molar-refractivity contribution is 0.0542. The lowest BCUT2D eigenvalue weighted by atomic mass is 10.1. The van der Waals surface area contributed by atoms with Gasteiger partial charge >= 0.3 is 0 Å². The highest BCUT2D eigenvalue weighted by atomic mass is 19.1. The summed E-state index contributed by atoms with van der Waals surface area (Å²) in [4.78, 5) is 13.4. The SMILES string of the molecule is O=C(c1cc(F)ccc1F)N1CCC(O)CC1. The highest BCUT2D eigenvalue weighted by Gasteiger charge is 2.24. The summed E-state index contributed by atoms with van der Waals surface area (Å²) in [5.74, 6) is -1.87. The molecule has 1 amide bonds. The molecule has 1 heterocycles. The molecular weight excluding hydrogens is 228 g/mol. The van der Waals surface area contributed by atoms with E-state index in [0.29, 0.717) is 25.9 Å². The van der Waals surface area contributed by atoms with Crippen LogP contribution in [0.2, 0.25) is 0 Å². The molecule has 2 rings (SSSR count). The van der Waals surface area contributed by atoms with Gasteiger partial charge in [-0.05, 0) is 31.0 Å². The number of likely N-dealkylation sites (tertiary alicyclic amines) is 1. The van der Waals surface area contributed by atoms with Crippen molar-refractivity contribution in [3.05, 3.63) is 35.4 Å². The van der Waals surface area contributed by atoms with Crippen molar-refractivity contribution in [3.8, 4) is 0 Å². The third kappa shape index (κ3) is 2.61. The molecule has 1 N–H and O–H groups in total. The number of rotatable bonds is 1. The van der Waals surface area contributed by atoms with Crippen molar-refractivity contribution >= 4 is 5.91 Å². The molecule has 0 radical (unpaired) electrons. The van der Waals surface area contributed by atoms with Gasteiger partial charge in [-0.3, -0.25) is 4.79 Å². The van der Waals surface area contributed by atoms with Gasteiger partial charge in [0.05, 0.1) is 11.7 Å². The minimum atomic E-state index is -0.720. The summed E-state index contributed by atoms with van der Waals surface area (Å²) in [6.45, 7) is 0.742. The summed E-state index contributed by atoms with van der Waals surface area (Å²) in [6, 6.07) is 2.83. The number of aliphatic hydroxyl groups excluding tert-OH is 1. The van der Waals surface area contributed by atoms with Crippen LogP contribution in [0.4, 0.5) is 8.78 Å². The first-order valence-electron chi connectivity index (χ1n) is 5.50. The zero-order chi connectivity index (χ0) is 12.4. The molecule has 0 aliphatic carbocycles. The Morgan fingerprint density at radius 1 is 1.29 bits per heavy atom. The van der Waals surface area contributed by atoms with E-state index in [1.807, 2.05) is 0 Å². The van der Waals surface area contributed by atoms with E-state index in [0.717, 1.165) is 18.2 Å². The summed E-state index contributed by atoms with van der Waals surface area (Å²) >= 11 is 0. The predicted molar refractivity (Wildman–Crippen MR) is 57.5 cm³/mol. The predicted octanol–water partition coefficient (Wildman–Crippen LogP) is 1.56. The monoisotopic (exact) mass is 241 g/mol. The van der Waals surface area contributed by atoms with Gasteiger partial charge in [0.15, 0.2) is 0 Å². The molecule has 3 nitrogen and oxygen atoms in total. The van der Waals surface area contributed by atoms with Crippen LogP contribution in [0, 0.1) is 11.6 Å². The molecule has 1 fully saturated rings. The third-order valence-electron chi connectivity index (χ3n) is 2.91. The zero-order valence-electron chi connectivity index (χ0n) is 9.20. The topological polar surface area (TPSA) is 40.5 Å². The summed E-state index contributed by atoms with van der Waals surface area (Å²) in [5.41, 5.74) is -0.249. The van der Waals surface area contributed by atoms with Gasteiger partial charge in [-0.15, -0.1) is 0 Å². The average molecular weight is 241 g/mol. The van der Waals surface area contributed by atoms with Gasteiger partial charge in [0.2, 0.25) is 0 Å². The normalized spacial score (nSPS) is 17.2.